The van der Waals surface area contributed by atoms with Crippen molar-refractivity contribution < 1.29 is 8.91 Å². The van der Waals surface area contributed by atoms with Crippen LogP contribution in [0.25, 0.3) is 11.5 Å². The van der Waals surface area contributed by atoms with Gasteiger partial charge in [-0.05, 0) is 24.3 Å². The maximum Gasteiger partial charge on any atom is 0.260 e. The highest BCUT2D eigenvalue weighted by molar-refractivity contribution is 7.98. The van der Waals surface area contributed by atoms with E-state index >= 15 is 0 Å². The molecule has 0 atom stereocenters. The number of nitrogens with two attached hydrogens (primary N) is 1. The largest absolute Gasteiger partial charge is 0.398 e. The second-order valence-corrected chi connectivity index (χ2v) is 5.34. The highest BCUT2D eigenvalue weighted by Gasteiger charge is 2.12. The molecule has 0 aliphatic carbocycles. The number of hydrogen-bond acceptors (Lipinski definition) is 5. The lowest BCUT2D eigenvalue weighted by atomic mass is 10.2. The van der Waals surface area contributed by atoms with Crippen LogP contribution >= 0.6 is 11.8 Å². The van der Waals surface area contributed by atoms with Crippen molar-refractivity contribution in [1.82, 2.24) is 10.1 Å². The zero-order valence-electron chi connectivity index (χ0n) is 11.0. The molecule has 0 aliphatic rings. The summed E-state index contributed by atoms with van der Waals surface area (Å²) in [6.45, 7) is 0. The van der Waals surface area contributed by atoms with Crippen LogP contribution in [0.3, 0.4) is 0 Å². The minimum absolute atomic E-state index is 0.251. The highest BCUT2D eigenvalue weighted by atomic mass is 32.2. The molecule has 0 saturated carbocycles. The van der Waals surface area contributed by atoms with Crippen LogP contribution in [0.5, 0.6) is 0 Å². The minimum Gasteiger partial charge on any atom is -0.398 e. The van der Waals surface area contributed by atoms with Gasteiger partial charge >= 0.3 is 0 Å². The number of para-hydroxylation sites is 1. The molecule has 0 fully saturated rings. The maximum absolute atomic E-state index is 13.5. The van der Waals surface area contributed by atoms with Gasteiger partial charge in [0.25, 0.3) is 5.89 Å². The minimum atomic E-state index is -0.251. The molecule has 3 rings (SSSR count). The fourth-order valence-electron chi connectivity index (χ4n) is 1.82. The molecule has 0 bridgehead atoms. The zero-order valence-corrected chi connectivity index (χ0v) is 11.8. The Balaban J connectivity index is 1.74. The van der Waals surface area contributed by atoms with Crippen molar-refractivity contribution in [3.63, 3.8) is 0 Å². The molecule has 2 N–H and O–H groups in total. The summed E-state index contributed by atoms with van der Waals surface area (Å²) in [7, 11) is 0. The molecule has 0 saturated heterocycles. The highest BCUT2D eigenvalue weighted by Crippen LogP contribution is 2.27. The van der Waals surface area contributed by atoms with E-state index in [1.807, 2.05) is 18.2 Å². The SMILES string of the molecule is Nc1ccccc1-c1nc(CSc2ccccc2F)no1. The quantitative estimate of drug-likeness (QED) is 0.587. The van der Waals surface area contributed by atoms with Crippen LogP contribution in [0.4, 0.5) is 10.1 Å². The van der Waals surface area contributed by atoms with E-state index in [0.29, 0.717) is 33.6 Å². The molecule has 2 aromatic carbocycles. The number of hydrogen-bond donors (Lipinski definition) is 1. The molecule has 106 valence electrons. The van der Waals surface area contributed by atoms with E-state index < -0.39 is 0 Å². The van der Waals surface area contributed by atoms with Crippen molar-refractivity contribution >= 4 is 17.4 Å². The Morgan fingerprint density at radius 2 is 1.86 bits per heavy atom. The fraction of sp³-hybridized carbons (Fsp3) is 0.0667. The van der Waals surface area contributed by atoms with Gasteiger partial charge in [-0.2, -0.15) is 4.98 Å². The van der Waals surface area contributed by atoms with Crippen molar-refractivity contribution in [1.29, 1.82) is 0 Å². The van der Waals surface area contributed by atoms with E-state index in [0.717, 1.165) is 0 Å². The number of rotatable bonds is 4. The molecule has 0 radical (unpaired) electrons. The topological polar surface area (TPSA) is 64.9 Å². The van der Waals surface area contributed by atoms with Gasteiger partial charge in [-0.3, -0.25) is 0 Å². The number of benzene rings is 2. The maximum atomic E-state index is 13.5. The Bertz CT molecular complexity index is 760. The standard InChI is InChI=1S/C15H12FN3OS/c16-11-6-2-4-8-13(11)21-9-14-18-15(20-19-14)10-5-1-3-7-12(10)17/h1-8H,9,17H2. The van der Waals surface area contributed by atoms with E-state index in [4.69, 9.17) is 10.3 Å². The first-order valence-corrected chi connectivity index (χ1v) is 7.27. The fourth-order valence-corrected chi connectivity index (χ4v) is 2.60. The van der Waals surface area contributed by atoms with Gasteiger partial charge < -0.3 is 10.3 Å². The van der Waals surface area contributed by atoms with Crippen LogP contribution < -0.4 is 5.73 Å². The van der Waals surface area contributed by atoms with Crippen molar-refractivity contribution in [3.05, 3.63) is 60.2 Å². The number of thioether (sulfide) groups is 1. The lowest BCUT2D eigenvalue weighted by Crippen LogP contribution is -1.90. The van der Waals surface area contributed by atoms with E-state index in [9.17, 15) is 4.39 Å². The second kappa shape index (κ2) is 5.97. The third-order valence-electron chi connectivity index (χ3n) is 2.85. The van der Waals surface area contributed by atoms with E-state index in [1.165, 1.54) is 17.8 Å². The Hall–Kier alpha value is -2.34. The van der Waals surface area contributed by atoms with Gasteiger partial charge in [-0.15, -0.1) is 11.8 Å². The van der Waals surface area contributed by atoms with Gasteiger partial charge in [0.1, 0.15) is 5.82 Å². The Morgan fingerprint density at radius 3 is 2.67 bits per heavy atom. The normalized spacial score (nSPS) is 10.7. The number of nitrogens with zero attached hydrogens (tertiary/aromatic N) is 2. The molecule has 0 aliphatic heterocycles. The molecular formula is C15H12FN3OS. The first-order chi connectivity index (χ1) is 10.2. The van der Waals surface area contributed by atoms with Gasteiger partial charge in [0, 0.05) is 10.6 Å². The molecule has 21 heavy (non-hydrogen) atoms. The van der Waals surface area contributed by atoms with Crippen LogP contribution in [0, 0.1) is 5.82 Å². The smallest absolute Gasteiger partial charge is 0.260 e. The van der Waals surface area contributed by atoms with E-state index in [2.05, 4.69) is 10.1 Å². The van der Waals surface area contributed by atoms with Crippen molar-refractivity contribution in [2.75, 3.05) is 5.73 Å². The van der Waals surface area contributed by atoms with Crippen molar-refractivity contribution in [3.8, 4) is 11.5 Å². The van der Waals surface area contributed by atoms with Gasteiger partial charge in [-0.1, -0.05) is 29.4 Å². The van der Waals surface area contributed by atoms with E-state index in [1.54, 1.807) is 24.3 Å². The van der Waals surface area contributed by atoms with Crippen molar-refractivity contribution in [2.24, 2.45) is 0 Å². The summed E-state index contributed by atoms with van der Waals surface area (Å²) in [5, 5.41) is 3.89. The molecule has 1 heterocycles. The summed E-state index contributed by atoms with van der Waals surface area (Å²) in [4.78, 5) is 4.84. The van der Waals surface area contributed by atoms with Crippen LogP contribution in [-0.2, 0) is 5.75 Å². The zero-order chi connectivity index (χ0) is 14.7. The number of anilines is 1. The number of nitrogen functional groups attached to an aromatic ring is 1. The molecule has 6 heteroatoms. The summed E-state index contributed by atoms with van der Waals surface area (Å²) < 4.78 is 18.7. The molecule has 0 unspecified atom stereocenters. The summed E-state index contributed by atoms with van der Waals surface area (Å²) in [6, 6.07) is 13.9. The predicted molar refractivity (Wildman–Crippen MR) is 80.1 cm³/mol. The van der Waals surface area contributed by atoms with Gasteiger partial charge in [0.2, 0.25) is 0 Å². The first-order valence-electron chi connectivity index (χ1n) is 6.29. The lowest BCUT2D eigenvalue weighted by molar-refractivity contribution is 0.425. The third kappa shape index (κ3) is 3.05. The molecular weight excluding hydrogens is 289 g/mol. The van der Waals surface area contributed by atoms with E-state index in [-0.39, 0.29) is 5.82 Å². The molecule has 1 aromatic heterocycles. The summed E-state index contributed by atoms with van der Waals surface area (Å²) >= 11 is 1.32. The predicted octanol–water partition coefficient (Wildman–Crippen LogP) is 3.75. The average molecular weight is 301 g/mol. The second-order valence-electron chi connectivity index (χ2n) is 4.32. The van der Waals surface area contributed by atoms with Crippen LogP contribution in [0.2, 0.25) is 0 Å². The summed E-state index contributed by atoms with van der Waals surface area (Å²) in [5.41, 5.74) is 7.14. The molecule has 4 nitrogen and oxygen atoms in total. The Kier molecular flexibility index (Phi) is 3.87. The average Bonchev–Trinajstić information content (AvgIpc) is 2.96. The summed E-state index contributed by atoms with van der Waals surface area (Å²) in [5.74, 6) is 1.05. The third-order valence-corrected chi connectivity index (χ3v) is 3.90. The van der Waals surface area contributed by atoms with Gasteiger partial charge in [0.15, 0.2) is 5.82 Å². The molecule has 0 amide bonds. The van der Waals surface area contributed by atoms with Crippen LogP contribution in [0.15, 0.2) is 57.9 Å². The summed E-state index contributed by atoms with van der Waals surface area (Å²) in [6.07, 6.45) is 0. The van der Waals surface area contributed by atoms with Crippen LogP contribution in [0.1, 0.15) is 5.82 Å². The van der Waals surface area contributed by atoms with Crippen molar-refractivity contribution in [2.45, 2.75) is 10.6 Å². The van der Waals surface area contributed by atoms with Gasteiger partial charge in [-0.25, -0.2) is 4.39 Å². The Morgan fingerprint density at radius 1 is 1.10 bits per heavy atom. The lowest BCUT2D eigenvalue weighted by Gasteiger charge is -1.99. The number of halogens is 1. The first kappa shape index (κ1) is 13.6. The van der Waals surface area contributed by atoms with Gasteiger partial charge in [0.05, 0.1) is 11.3 Å². The van der Waals surface area contributed by atoms with Crippen LogP contribution in [-0.4, -0.2) is 10.1 Å². The molecule has 0 spiro atoms. The molecule has 3 aromatic rings. The number of aromatic nitrogens is 2. The Labute approximate surface area is 125 Å². The monoisotopic (exact) mass is 301 g/mol.